The number of nitrogens with zero attached hydrogens (tertiary/aromatic N) is 1. The maximum absolute atomic E-state index is 12.3. The van der Waals surface area contributed by atoms with Crippen LogP contribution in [0.4, 0.5) is 0 Å². The quantitative estimate of drug-likeness (QED) is 0.340. The molecule has 1 unspecified atom stereocenters. The Bertz CT molecular complexity index is 555. The lowest BCUT2D eigenvalue weighted by Crippen LogP contribution is -2.45. The number of oxime groups is 1. The van der Waals surface area contributed by atoms with E-state index in [9.17, 15) is 4.79 Å². The van der Waals surface area contributed by atoms with E-state index in [1.807, 2.05) is 13.8 Å². The van der Waals surface area contributed by atoms with Crippen LogP contribution >= 0.6 is 0 Å². The summed E-state index contributed by atoms with van der Waals surface area (Å²) in [6.45, 7) is 4.68. The molecule has 1 aliphatic rings. The predicted molar refractivity (Wildman–Crippen MR) is 79.5 cm³/mol. The van der Waals surface area contributed by atoms with Crippen LogP contribution in [0.5, 0.6) is 0 Å². The molecule has 0 aromatic heterocycles. The van der Waals surface area contributed by atoms with Gasteiger partial charge in [0, 0.05) is 23.8 Å². The van der Waals surface area contributed by atoms with Gasteiger partial charge in [-0.15, -0.1) is 0 Å². The molecule has 114 valence electrons. The molecule has 0 spiro atoms. The number of hydrogen-bond acceptors (Lipinski definition) is 4. The van der Waals surface area contributed by atoms with E-state index in [4.69, 9.17) is 15.7 Å². The SMILES string of the molecule is CC1(C)CC(NC(=O)c2cccc(/C(N)=N/O)c2)CCO1. The number of amides is 1. The van der Waals surface area contributed by atoms with Gasteiger partial charge in [-0.1, -0.05) is 17.3 Å². The minimum atomic E-state index is -0.216. The summed E-state index contributed by atoms with van der Waals surface area (Å²) in [5, 5.41) is 14.6. The second kappa shape index (κ2) is 6.13. The largest absolute Gasteiger partial charge is 0.409 e. The van der Waals surface area contributed by atoms with Gasteiger partial charge in [0.25, 0.3) is 5.91 Å². The van der Waals surface area contributed by atoms with Crippen molar-refractivity contribution >= 4 is 11.7 Å². The number of nitrogens with two attached hydrogens (primary N) is 1. The van der Waals surface area contributed by atoms with Gasteiger partial charge in [0.2, 0.25) is 0 Å². The third kappa shape index (κ3) is 3.95. The Morgan fingerprint density at radius 1 is 1.48 bits per heavy atom. The van der Waals surface area contributed by atoms with E-state index >= 15 is 0 Å². The molecule has 1 amide bonds. The summed E-state index contributed by atoms with van der Waals surface area (Å²) in [7, 11) is 0. The Balaban J connectivity index is 2.07. The molecule has 1 fully saturated rings. The smallest absolute Gasteiger partial charge is 0.251 e. The number of rotatable bonds is 3. The second-order valence-electron chi connectivity index (χ2n) is 5.84. The minimum Gasteiger partial charge on any atom is -0.409 e. The molecule has 2 rings (SSSR count). The average molecular weight is 291 g/mol. The maximum atomic E-state index is 12.3. The average Bonchev–Trinajstić information content (AvgIpc) is 2.45. The highest BCUT2D eigenvalue weighted by molar-refractivity contribution is 6.01. The Labute approximate surface area is 124 Å². The Morgan fingerprint density at radius 2 is 2.19 bits per heavy atom. The fourth-order valence-electron chi connectivity index (χ4n) is 2.50. The molecule has 0 saturated carbocycles. The second-order valence-corrected chi connectivity index (χ2v) is 5.84. The highest BCUT2D eigenvalue weighted by atomic mass is 16.5. The van der Waals surface area contributed by atoms with E-state index in [0.717, 1.165) is 12.8 Å². The Hall–Kier alpha value is -2.08. The van der Waals surface area contributed by atoms with Crippen molar-refractivity contribution in [1.29, 1.82) is 0 Å². The van der Waals surface area contributed by atoms with E-state index in [2.05, 4.69) is 10.5 Å². The van der Waals surface area contributed by atoms with Gasteiger partial charge in [0.15, 0.2) is 5.84 Å². The van der Waals surface area contributed by atoms with Crippen molar-refractivity contribution in [3.63, 3.8) is 0 Å². The van der Waals surface area contributed by atoms with Crippen LogP contribution in [-0.2, 0) is 4.74 Å². The van der Waals surface area contributed by atoms with Crippen molar-refractivity contribution in [3.05, 3.63) is 35.4 Å². The number of carbonyl (C=O) groups is 1. The molecular weight excluding hydrogens is 270 g/mol. The van der Waals surface area contributed by atoms with Crippen LogP contribution in [-0.4, -0.2) is 35.2 Å². The van der Waals surface area contributed by atoms with Gasteiger partial charge in [-0.2, -0.15) is 0 Å². The third-order valence-corrected chi connectivity index (χ3v) is 3.56. The highest BCUT2D eigenvalue weighted by Crippen LogP contribution is 2.24. The summed E-state index contributed by atoms with van der Waals surface area (Å²) < 4.78 is 5.64. The summed E-state index contributed by atoms with van der Waals surface area (Å²) in [4.78, 5) is 12.3. The molecule has 0 radical (unpaired) electrons. The zero-order valence-electron chi connectivity index (χ0n) is 12.3. The number of carbonyl (C=O) groups excluding carboxylic acids is 1. The van der Waals surface area contributed by atoms with Crippen LogP contribution in [0.1, 0.15) is 42.6 Å². The van der Waals surface area contributed by atoms with Gasteiger partial charge < -0.3 is 21.0 Å². The van der Waals surface area contributed by atoms with E-state index in [-0.39, 0.29) is 23.4 Å². The summed E-state index contributed by atoms with van der Waals surface area (Å²) in [5.41, 5.74) is 6.32. The molecule has 6 nitrogen and oxygen atoms in total. The molecule has 0 bridgehead atoms. The van der Waals surface area contributed by atoms with Crippen LogP contribution < -0.4 is 11.1 Å². The van der Waals surface area contributed by atoms with Crippen molar-refractivity contribution in [3.8, 4) is 0 Å². The van der Waals surface area contributed by atoms with Crippen molar-refractivity contribution in [1.82, 2.24) is 5.32 Å². The molecule has 0 aliphatic carbocycles. The van der Waals surface area contributed by atoms with E-state index in [0.29, 0.717) is 17.7 Å². The van der Waals surface area contributed by atoms with Gasteiger partial charge >= 0.3 is 0 Å². The van der Waals surface area contributed by atoms with Gasteiger partial charge in [-0.3, -0.25) is 4.79 Å². The Kier molecular flexibility index (Phi) is 4.47. The molecule has 1 saturated heterocycles. The molecule has 1 atom stereocenters. The van der Waals surface area contributed by atoms with Gasteiger partial charge in [-0.05, 0) is 38.8 Å². The normalized spacial score (nSPS) is 21.8. The monoisotopic (exact) mass is 291 g/mol. The van der Waals surface area contributed by atoms with Crippen LogP contribution in [0, 0.1) is 0 Å². The van der Waals surface area contributed by atoms with Crippen LogP contribution in [0.25, 0.3) is 0 Å². The van der Waals surface area contributed by atoms with Crippen molar-refractivity contribution in [2.24, 2.45) is 10.9 Å². The maximum Gasteiger partial charge on any atom is 0.251 e. The first-order chi connectivity index (χ1) is 9.91. The van der Waals surface area contributed by atoms with Crippen molar-refractivity contribution < 1.29 is 14.7 Å². The zero-order chi connectivity index (χ0) is 15.5. The van der Waals surface area contributed by atoms with E-state index < -0.39 is 0 Å². The lowest BCUT2D eigenvalue weighted by atomic mass is 9.93. The fraction of sp³-hybridized carbons (Fsp3) is 0.467. The minimum absolute atomic E-state index is 0.0168. The summed E-state index contributed by atoms with van der Waals surface area (Å²) in [6, 6.07) is 6.79. The molecular formula is C15H21N3O3. The number of benzene rings is 1. The first-order valence-electron chi connectivity index (χ1n) is 6.94. The lowest BCUT2D eigenvalue weighted by molar-refractivity contribution is -0.0615. The van der Waals surface area contributed by atoms with Crippen LogP contribution in [0.2, 0.25) is 0 Å². The molecule has 1 aromatic rings. The van der Waals surface area contributed by atoms with Gasteiger partial charge in [-0.25, -0.2) is 0 Å². The summed E-state index contributed by atoms with van der Waals surface area (Å²) >= 11 is 0. The molecule has 1 heterocycles. The van der Waals surface area contributed by atoms with Crippen molar-refractivity contribution in [2.45, 2.75) is 38.3 Å². The molecule has 4 N–H and O–H groups in total. The molecule has 1 aliphatic heterocycles. The van der Waals surface area contributed by atoms with Gasteiger partial charge in [0.05, 0.1) is 5.60 Å². The van der Waals surface area contributed by atoms with Crippen LogP contribution in [0.15, 0.2) is 29.4 Å². The Morgan fingerprint density at radius 3 is 2.86 bits per heavy atom. The predicted octanol–water partition coefficient (Wildman–Crippen LogP) is 1.47. The lowest BCUT2D eigenvalue weighted by Gasteiger charge is -2.35. The third-order valence-electron chi connectivity index (χ3n) is 3.56. The standard InChI is InChI=1S/C15H21N3O3/c1-15(2)9-12(6-7-21-15)17-14(19)11-5-3-4-10(8-11)13(16)18-20/h3-5,8,12,20H,6-7,9H2,1-2H3,(H2,16,18)(H,17,19). The zero-order valence-corrected chi connectivity index (χ0v) is 12.3. The molecule has 21 heavy (non-hydrogen) atoms. The topological polar surface area (TPSA) is 96.9 Å². The van der Waals surface area contributed by atoms with Gasteiger partial charge in [0.1, 0.15) is 0 Å². The van der Waals surface area contributed by atoms with Crippen molar-refractivity contribution in [2.75, 3.05) is 6.61 Å². The van der Waals surface area contributed by atoms with E-state index in [1.165, 1.54) is 0 Å². The highest BCUT2D eigenvalue weighted by Gasteiger charge is 2.29. The van der Waals surface area contributed by atoms with Crippen LogP contribution in [0.3, 0.4) is 0 Å². The number of ether oxygens (including phenoxy) is 1. The number of hydrogen-bond donors (Lipinski definition) is 3. The first kappa shape index (κ1) is 15.3. The number of nitrogens with one attached hydrogen (secondary N) is 1. The molecule has 6 heteroatoms. The first-order valence-corrected chi connectivity index (χ1v) is 6.94. The molecule has 1 aromatic carbocycles. The van der Waals surface area contributed by atoms with E-state index in [1.54, 1.807) is 24.3 Å². The number of amidine groups is 1. The summed E-state index contributed by atoms with van der Waals surface area (Å²) in [5.74, 6) is -0.179. The summed E-state index contributed by atoms with van der Waals surface area (Å²) in [6.07, 6.45) is 1.58. The fourth-order valence-corrected chi connectivity index (χ4v) is 2.50.